The molecule has 0 heterocycles. The quantitative estimate of drug-likeness (QED) is 0.563. The van der Waals surface area contributed by atoms with Crippen molar-refractivity contribution in [1.82, 2.24) is 0 Å². The van der Waals surface area contributed by atoms with Crippen LogP contribution >= 0.6 is 0 Å². The standard InChI is InChI=1S/C13H18N2O2S/c1-18(16,17)9-5-8-15-11-13(10-14)12-6-3-2-4-7-12/h2-4,6-7,10-11,14-15H,5,8-9H2,1H3/p+1. The van der Waals surface area contributed by atoms with E-state index in [4.69, 9.17) is 5.41 Å². The summed E-state index contributed by atoms with van der Waals surface area (Å²) < 4.78 is 21.9. The van der Waals surface area contributed by atoms with Crippen molar-refractivity contribution in [2.45, 2.75) is 6.42 Å². The Morgan fingerprint density at radius 2 is 2.00 bits per heavy atom. The summed E-state index contributed by atoms with van der Waals surface area (Å²) in [5.41, 5.74) is 1.82. The molecule has 0 fully saturated rings. The van der Waals surface area contributed by atoms with Gasteiger partial charge in [0.15, 0.2) is 0 Å². The summed E-state index contributed by atoms with van der Waals surface area (Å²) in [4.78, 5) is 0. The van der Waals surface area contributed by atoms with Crippen LogP contribution in [0, 0.1) is 5.41 Å². The molecule has 0 aliphatic carbocycles. The largest absolute Gasteiger partial charge is 0.319 e. The molecule has 0 unspecified atom stereocenters. The molecule has 3 N–H and O–H groups in total. The van der Waals surface area contributed by atoms with Crippen LogP contribution in [-0.2, 0) is 9.84 Å². The summed E-state index contributed by atoms with van der Waals surface area (Å²) >= 11 is 0. The van der Waals surface area contributed by atoms with Crippen LogP contribution in [0.5, 0.6) is 0 Å². The van der Waals surface area contributed by atoms with Gasteiger partial charge in [0.2, 0.25) is 0 Å². The molecule has 0 atom stereocenters. The first-order valence-corrected chi connectivity index (χ1v) is 7.86. The first kappa shape index (κ1) is 14.6. The number of nitrogens with two attached hydrogens (primary N) is 1. The highest BCUT2D eigenvalue weighted by atomic mass is 32.2. The molecule has 0 saturated carbocycles. The van der Waals surface area contributed by atoms with Crippen molar-refractivity contribution in [3.63, 3.8) is 0 Å². The van der Waals surface area contributed by atoms with Gasteiger partial charge < -0.3 is 10.7 Å². The molecule has 0 saturated heterocycles. The van der Waals surface area contributed by atoms with Gasteiger partial charge in [-0.3, -0.25) is 0 Å². The second-order valence-electron chi connectivity index (χ2n) is 4.14. The highest BCUT2D eigenvalue weighted by Gasteiger charge is 2.02. The summed E-state index contributed by atoms with van der Waals surface area (Å²) in [7, 11) is -2.87. The molecule has 1 aromatic rings. The fourth-order valence-corrected chi connectivity index (χ4v) is 2.22. The Morgan fingerprint density at radius 3 is 2.56 bits per heavy atom. The van der Waals surface area contributed by atoms with E-state index < -0.39 is 9.84 Å². The van der Waals surface area contributed by atoms with E-state index in [1.807, 2.05) is 41.8 Å². The van der Waals surface area contributed by atoms with Crippen LogP contribution in [0.3, 0.4) is 0 Å². The third-order valence-electron chi connectivity index (χ3n) is 2.45. The number of hydrogen-bond acceptors (Lipinski definition) is 3. The van der Waals surface area contributed by atoms with Gasteiger partial charge in [-0.15, -0.1) is 0 Å². The summed E-state index contributed by atoms with van der Waals surface area (Å²) in [5.74, 6) is 0.211. The molecule has 0 aliphatic heterocycles. The van der Waals surface area contributed by atoms with E-state index in [2.05, 4.69) is 0 Å². The van der Waals surface area contributed by atoms with Gasteiger partial charge in [0.25, 0.3) is 0 Å². The highest BCUT2D eigenvalue weighted by Crippen LogP contribution is 2.08. The molecule has 4 nitrogen and oxygen atoms in total. The third-order valence-corrected chi connectivity index (χ3v) is 3.48. The van der Waals surface area contributed by atoms with E-state index in [-0.39, 0.29) is 5.75 Å². The molecule has 98 valence electrons. The molecule has 5 heteroatoms. The lowest BCUT2D eigenvalue weighted by molar-refractivity contribution is -0.586. The molecule has 0 radical (unpaired) electrons. The average Bonchev–Trinajstić information content (AvgIpc) is 2.33. The van der Waals surface area contributed by atoms with Gasteiger partial charge in [-0.25, -0.2) is 8.42 Å². The maximum absolute atomic E-state index is 10.9. The van der Waals surface area contributed by atoms with Gasteiger partial charge in [0.05, 0.1) is 17.9 Å². The van der Waals surface area contributed by atoms with Crippen molar-refractivity contribution in [1.29, 1.82) is 5.41 Å². The van der Waals surface area contributed by atoms with E-state index >= 15 is 0 Å². The first-order chi connectivity index (χ1) is 8.53. The Bertz CT molecular complexity index is 507. The zero-order valence-electron chi connectivity index (χ0n) is 10.5. The average molecular weight is 267 g/mol. The maximum atomic E-state index is 10.9. The minimum Gasteiger partial charge on any atom is -0.319 e. The first-order valence-electron chi connectivity index (χ1n) is 5.80. The summed E-state index contributed by atoms with van der Waals surface area (Å²) in [6.45, 7) is 0.706. The number of benzene rings is 1. The second-order valence-corrected chi connectivity index (χ2v) is 6.40. The summed E-state index contributed by atoms with van der Waals surface area (Å²) in [6.07, 6.45) is 5.04. The van der Waals surface area contributed by atoms with Crippen LogP contribution in [0.15, 0.2) is 36.5 Å². The predicted octanol–water partition coefficient (Wildman–Crippen LogP) is 0.675. The van der Waals surface area contributed by atoms with Gasteiger partial charge in [0.1, 0.15) is 16.0 Å². The van der Waals surface area contributed by atoms with Crippen LogP contribution in [0.25, 0.3) is 5.57 Å². The van der Waals surface area contributed by atoms with Crippen LogP contribution in [0.2, 0.25) is 0 Å². The van der Waals surface area contributed by atoms with Crippen LogP contribution in [0.4, 0.5) is 0 Å². The smallest absolute Gasteiger partial charge is 0.147 e. The fourth-order valence-electron chi connectivity index (χ4n) is 1.53. The van der Waals surface area contributed by atoms with Gasteiger partial charge in [-0.1, -0.05) is 30.3 Å². The van der Waals surface area contributed by atoms with E-state index in [0.29, 0.717) is 13.0 Å². The van der Waals surface area contributed by atoms with Crippen molar-refractivity contribution >= 4 is 21.6 Å². The van der Waals surface area contributed by atoms with Crippen molar-refractivity contribution in [3.05, 3.63) is 42.1 Å². The molecule has 0 bridgehead atoms. The Hall–Kier alpha value is -1.46. The Balaban J connectivity index is 2.48. The minimum atomic E-state index is -2.87. The summed E-state index contributed by atoms with van der Waals surface area (Å²) in [6, 6.07) is 9.68. The van der Waals surface area contributed by atoms with Crippen molar-refractivity contribution < 1.29 is 13.7 Å². The molecule has 18 heavy (non-hydrogen) atoms. The Labute approximate surface area is 108 Å². The Kier molecular flexibility index (Phi) is 5.74. The molecule has 1 aromatic carbocycles. The molecular formula is C13H19N2O2S+. The molecule has 0 aromatic heterocycles. The third kappa shape index (κ3) is 5.75. The Morgan fingerprint density at radius 1 is 1.33 bits per heavy atom. The van der Waals surface area contributed by atoms with Crippen LogP contribution in [0.1, 0.15) is 12.0 Å². The fraction of sp³-hybridized carbons (Fsp3) is 0.308. The number of allylic oxidation sites excluding steroid dienone is 1. The number of nitrogens with one attached hydrogen (secondary N) is 1. The zero-order chi connectivity index (χ0) is 13.4. The lowest BCUT2D eigenvalue weighted by Crippen LogP contribution is -2.78. The van der Waals surface area contributed by atoms with Gasteiger partial charge in [0, 0.05) is 18.9 Å². The predicted molar refractivity (Wildman–Crippen MR) is 74.3 cm³/mol. The summed E-state index contributed by atoms with van der Waals surface area (Å²) in [5, 5.41) is 9.28. The molecular weight excluding hydrogens is 248 g/mol. The van der Waals surface area contributed by atoms with Crippen molar-refractivity contribution in [2.24, 2.45) is 0 Å². The van der Waals surface area contributed by atoms with Crippen LogP contribution < -0.4 is 5.32 Å². The normalized spacial score (nSPS) is 12.4. The van der Waals surface area contributed by atoms with E-state index in [1.165, 1.54) is 12.5 Å². The second kappa shape index (κ2) is 7.08. The number of hydrogen-bond donors (Lipinski definition) is 2. The van der Waals surface area contributed by atoms with Crippen LogP contribution in [-0.4, -0.2) is 33.2 Å². The van der Waals surface area contributed by atoms with Crippen molar-refractivity contribution in [2.75, 3.05) is 18.6 Å². The topological polar surface area (TPSA) is 74.6 Å². The number of quaternary nitrogens is 1. The molecule has 0 aliphatic rings. The number of rotatable bonds is 7. The van der Waals surface area contributed by atoms with E-state index in [9.17, 15) is 8.42 Å². The zero-order valence-corrected chi connectivity index (χ0v) is 11.3. The lowest BCUT2D eigenvalue weighted by Gasteiger charge is -2.00. The minimum absolute atomic E-state index is 0.211. The lowest BCUT2D eigenvalue weighted by atomic mass is 10.1. The van der Waals surface area contributed by atoms with E-state index in [0.717, 1.165) is 11.1 Å². The van der Waals surface area contributed by atoms with Gasteiger partial charge in [-0.05, 0) is 5.56 Å². The maximum Gasteiger partial charge on any atom is 0.147 e. The molecule has 0 amide bonds. The monoisotopic (exact) mass is 267 g/mol. The van der Waals surface area contributed by atoms with E-state index in [1.54, 1.807) is 0 Å². The molecule has 0 spiro atoms. The number of sulfone groups is 1. The highest BCUT2D eigenvalue weighted by molar-refractivity contribution is 7.90. The van der Waals surface area contributed by atoms with Gasteiger partial charge >= 0.3 is 0 Å². The van der Waals surface area contributed by atoms with Crippen molar-refractivity contribution in [3.8, 4) is 0 Å². The molecule has 1 rings (SSSR count). The SMILES string of the molecule is CS(=O)(=O)CCC[NH2+]C=C(C=N)c1ccccc1. The van der Waals surface area contributed by atoms with Gasteiger partial charge in [-0.2, -0.15) is 0 Å².